The van der Waals surface area contributed by atoms with Gasteiger partial charge in [0.05, 0.1) is 17.4 Å². The summed E-state index contributed by atoms with van der Waals surface area (Å²) in [4.78, 5) is 26.5. The van der Waals surface area contributed by atoms with Crippen molar-refractivity contribution >= 4 is 23.3 Å². The Labute approximate surface area is 111 Å². The van der Waals surface area contributed by atoms with Gasteiger partial charge >= 0.3 is 0 Å². The number of pyridine rings is 1. The minimum absolute atomic E-state index is 0.0279. The molecule has 6 N–H and O–H groups in total. The number of nitrogens with two attached hydrogens (primary N) is 2. The summed E-state index contributed by atoms with van der Waals surface area (Å²) < 4.78 is 0. The quantitative estimate of drug-likeness (QED) is 0.556. The Bertz CT molecular complexity index is 461. The third-order valence-electron chi connectivity index (χ3n) is 2.43. The van der Waals surface area contributed by atoms with Gasteiger partial charge in [-0.05, 0) is 12.5 Å². The van der Waals surface area contributed by atoms with E-state index in [1.54, 1.807) is 0 Å². The highest BCUT2D eigenvalue weighted by Crippen LogP contribution is 2.13. The monoisotopic (exact) mass is 265 g/mol. The van der Waals surface area contributed by atoms with Crippen LogP contribution < -0.4 is 22.1 Å². The van der Waals surface area contributed by atoms with Crippen molar-refractivity contribution in [3.05, 3.63) is 17.8 Å². The number of carbonyl (C=O) groups excluding carboxylic acids is 2. The number of nitrogen functional groups attached to an aromatic ring is 1. The van der Waals surface area contributed by atoms with Gasteiger partial charge in [-0.3, -0.25) is 9.59 Å². The first kappa shape index (κ1) is 14.7. The zero-order valence-corrected chi connectivity index (χ0v) is 10.9. The Morgan fingerprint density at radius 3 is 2.74 bits per heavy atom. The summed E-state index contributed by atoms with van der Waals surface area (Å²) in [7, 11) is 0. The number of nitrogens with one attached hydrogen (secondary N) is 2. The summed E-state index contributed by atoms with van der Waals surface area (Å²) in [6.45, 7) is 3.08. The van der Waals surface area contributed by atoms with Crippen molar-refractivity contribution in [2.24, 2.45) is 5.73 Å². The number of hydrogen-bond acceptors (Lipinski definition) is 5. The van der Waals surface area contributed by atoms with E-state index in [1.807, 2.05) is 6.92 Å². The summed E-state index contributed by atoms with van der Waals surface area (Å²) in [5.74, 6) is -0.171. The number of amides is 2. The number of anilines is 2. The third kappa shape index (κ3) is 4.82. The first-order chi connectivity index (χ1) is 9.04. The lowest BCUT2D eigenvalue weighted by molar-refractivity contribution is -0.120. The average molecular weight is 265 g/mol. The third-order valence-corrected chi connectivity index (χ3v) is 2.43. The second-order valence-electron chi connectivity index (χ2n) is 4.05. The van der Waals surface area contributed by atoms with Gasteiger partial charge in [-0.15, -0.1) is 0 Å². The molecule has 0 saturated carbocycles. The molecule has 1 rings (SSSR count). The molecule has 0 fully saturated rings. The van der Waals surface area contributed by atoms with Crippen molar-refractivity contribution in [3.8, 4) is 0 Å². The van der Waals surface area contributed by atoms with E-state index in [0.29, 0.717) is 25.3 Å². The predicted molar refractivity (Wildman–Crippen MR) is 73.6 cm³/mol. The summed E-state index contributed by atoms with van der Waals surface area (Å²) >= 11 is 0. The molecule has 0 aliphatic rings. The highest BCUT2D eigenvalue weighted by molar-refractivity contribution is 5.98. The lowest BCUT2D eigenvalue weighted by Gasteiger charge is -2.08. The average Bonchev–Trinajstić information content (AvgIpc) is 2.38. The van der Waals surface area contributed by atoms with Gasteiger partial charge in [0, 0.05) is 19.5 Å². The van der Waals surface area contributed by atoms with E-state index < -0.39 is 5.91 Å². The highest BCUT2D eigenvalue weighted by Gasteiger charge is 2.08. The number of aromatic nitrogens is 1. The van der Waals surface area contributed by atoms with Gasteiger partial charge in [0.1, 0.15) is 5.82 Å². The van der Waals surface area contributed by atoms with Crippen molar-refractivity contribution in [3.63, 3.8) is 0 Å². The lowest BCUT2D eigenvalue weighted by Crippen LogP contribution is -2.26. The molecule has 0 spiro atoms. The summed E-state index contributed by atoms with van der Waals surface area (Å²) in [6.07, 6.45) is 2.60. The van der Waals surface area contributed by atoms with Gasteiger partial charge in [0.2, 0.25) is 5.91 Å². The van der Waals surface area contributed by atoms with Crippen LogP contribution in [-0.2, 0) is 4.79 Å². The Kier molecular flexibility index (Phi) is 5.59. The predicted octanol–water partition coefficient (Wildman–Crippen LogP) is 0.0909. The maximum atomic E-state index is 11.4. The smallest absolute Gasteiger partial charge is 0.250 e. The molecule has 1 aromatic rings. The van der Waals surface area contributed by atoms with Crippen LogP contribution in [0.25, 0.3) is 0 Å². The molecule has 19 heavy (non-hydrogen) atoms. The fourth-order valence-electron chi connectivity index (χ4n) is 1.43. The maximum absolute atomic E-state index is 11.4. The summed E-state index contributed by atoms with van der Waals surface area (Å²) in [6, 6.07) is 1.47. The van der Waals surface area contributed by atoms with Crippen LogP contribution in [0.1, 0.15) is 30.1 Å². The first-order valence-electron chi connectivity index (χ1n) is 6.10. The molecule has 0 bridgehead atoms. The molecular weight excluding hydrogens is 246 g/mol. The van der Waals surface area contributed by atoms with Gasteiger partial charge in [-0.25, -0.2) is 4.98 Å². The molecular formula is C12H19N5O2. The zero-order valence-electron chi connectivity index (χ0n) is 10.9. The molecule has 7 heteroatoms. The number of nitrogens with zero attached hydrogens (tertiary/aromatic N) is 1. The van der Waals surface area contributed by atoms with E-state index in [-0.39, 0.29) is 17.2 Å². The number of primary amides is 1. The summed E-state index contributed by atoms with van der Waals surface area (Å²) in [5, 5.41) is 5.70. The highest BCUT2D eigenvalue weighted by atomic mass is 16.1. The van der Waals surface area contributed by atoms with Crippen LogP contribution >= 0.6 is 0 Å². The number of hydrogen-bond donors (Lipinski definition) is 4. The standard InChI is InChI=1S/C12H19N5O2/c1-2-4-16-11(18)3-5-15-10-6-8(12(14)19)9(13)7-17-10/h6-7H,2-5,13H2,1H3,(H2,14,19)(H,15,17)(H,16,18). The van der Waals surface area contributed by atoms with Crippen LogP contribution in [0.4, 0.5) is 11.5 Å². The molecule has 2 amide bonds. The van der Waals surface area contributed by atoms with Crippen LogP contribution in [0.15, 0.2) is 12.3 Å². The van der Waals surface area contributed by atoms with E-state index >= 15 is 0 Å². The Hall–Kier alpha value is -2.31. The van der Waals surface area contributed by atoms with Crippen molar-refractivity contribution in [1.29, 1.82) is 0 Å². The van der Waals surface area contributed by atoms with E-state index in [4.69, 9.17) is 11.5 Å². The SMILES string of the molecule is CCCNC(=O)CCNc1cc(C(N)=O)c(N)cn1. The maximum Gasteiger partial charge on any atom is 0.250 e. The minimum Gasteiger partial charge on any atom is -0.397 e. The molecule has 0 aliphatic heterocycles. The molecule has 0 aromatic carbocycles. The molecule has 7 nitrogen and oxygen atoms in total. The molecule has 1 aromatic heterocycles. The Morgan fingerprint density at radius 2 is 2.11 bits per heavy atom. The normalized spacial score (nSPS) is 9.95. The van der Waals surface area contributed by atoms with Crippen LogP contribution in [0.5, 0.6) is 0 Å². The van der Waals surface area contributed by atoms with Crippen LogP contribution in [-0.4, -0.2) is 29.9 Å². The fourth-order valence-corrected chi connectivity index (χ4v) is 1.43. The molecule has 0 unspecified atom stereocenters. The van der Waals surface area contributed by atoms with Crippen molar-refractivity contribution in [2.45, 2.75) is 19.8 Å². The molecule has 0 radical (unpaired) electrons. The number of rotatable bonds is 7. The molecule has 0 atom stereocenters. The topological polar surface area (TPSA) is 123 Å². The van der Waals surface area contributed by atoms with Gasteiger partial charge < -0.3 is 22.1 Å². The van der Waals surface area contributed by atoms with E-state index in [1.165, 1.54) is 12.3 Å². The largest absolute Gasteiger partial charge is 0.397 e. The van der Waals surface area contributed by atoms with Gasteiger partial charge in [-0.2, -0.15) is 0 Å². The molecule has 0 saturated heterocycles. The molecule has 104 valence electrons. The van der Waals surface area contributed by atoms with Crippen molar-refractivity contribution in [2.75, 3.05) is 24.1 Å². The summed E-state index contributed by atoms with van der Waals surface area (Å²) in [5.41, 5.74) is 11.2. The Balaban J connectivity index is 2.48. The molecule has 0 aliphatic carbocycles. The fraction of sp³-hybridized carbons (Fsp3) is 0.417. The lowest BCUT2D eigenvalue weighted by atomic mass is 10.2. The van der Waals surface area contributed by atoms with E-state index in [0.717, 1.165) is 6.42 Å². The van der Waals surface area contributed by atoms with Gasteiger partial charge in [0.15, 0.2) is 0 Å². The van der Waals surface area contributed by atoms with E-state index in [9.17, 15) is 9.59 Å². The van der Waals surface area contributed by atoms with Gasteiger partial charge in [0.25, 0.3) is 5.91 Å². The second kappa shape index (κ2) is 7.20. The minimum atomic E-state index is -0.608. The van der Waals surface area contributed by atoms with Gasteiger partial charge in [-0.1, -0.05) is 6.92 Å². The van der Waals surface area contributed by atoms with Crippen molar-refractivity contribution in [1.82, 2.24) is 10.3 Å². The molecule has 1 heterocycles. The van der Waals surface area contributed by atoms with Crippen LogP contribution in [0.3, 0.4) is 0 Å². The number of carbonyl (C=O) groups is 2. The van der Waals surface area contributed by atoms with E-state index in [2.05, 4.69) is 15.6 Å². The first-order valence-corrected chi connectivity index (χ1v) is 6.10. The van der Waals surface area contributed by atoms with Crippen molar-refractivity contribution < 1.29 is 9.59 Å². The second-order valence-corrected chi connectivity index (χ2v) is 4.05. The van der Waals surface area contributed by atoms with Crippen LogP contribution in [0.2, 0.25) is 0 Å². The van der Waals surface area contributed by atoms with Crippen LogP contribution in [0, 0.1) is 0 Å². The Morgan fingerprint density at radius 1 is 1.37 bits per heavy atom. The zero-order chi connectivity index (χ0) is 14.3.